The van der Waals surface area contributed by atoms with E-state index in [2.05, 4.69) is 11.8 Å². The minimum atomic E-state index is -0.469. The molecule has 0 atom stereocenters. The molecule has 0 saturated carbocycles. The monoisotopic (exact) mass is 233 g/mol. The fourth-order valence-electron chi connectivity index (χ4n) is 1.83. The molecule has 0 bridgehead atoms. The first-order chi connectivity index (χ1) is 8.22. The highest BCUT2D eigenvalue weighted by Gasteiger charge is 2.22. The Bertz CT molecular complexity index is 502. The quantitative estimate of drug-likeness (QED) is 0.743. The molecule has 2 rings (SSSR count). The number of hydrogen-bond donors (Lipinski definition) is 1. The summed E-state index contributed by atoms with van der Waals surface area (Å²) in [5, 5.41) is 8.53. The second kappa shape index (κ2) is 4.98. The average molecular weight is 233 g/mol. The van der Waals surface area contributed by atoms with Crippen LogP contribution >= 0.6 is 0 Å². The molecule has 1 amide bonds. The van der Waals surface area contributed by atoms with E-state index in [4.69, 9.17) is 5.11 Å². The van der Waals surface area contributed by atoms with E-state index in [-0.39, 0.29) is 18.1 Å². The largest absolute Gasteiger partial charge is 0.384 e. The molecule has 1 saturated heterocycles. The fraction of sp³-hybridized carbons (Fsp3) is 0.308. The molecule has 1 heterocycles. The van der Waals surface area contributed by atoms with Crippen LogP contribution in [0.2, 0.25) is 0 Å². The number of aliphatic hydroxyl groups is 1. The Kier molecular flexibility index (Phi) is 3.40. The number of carbonyl (C=O) groups excluding carboxylic acids is 1. The van der Waals surface area contributed by atoms with Gasteiger partial charge in [-0.25, -0.2) is 4.39 Å². The molecule has 0 radical (unpaired) electrons. The number of nitrogens with zero attached hydrogens (tertiary/aromatic N) is 1. The molecule has 3 nitrogen and oxygen atoms in total. The summed E-state index contributed by atoms with van der Waals surface area (Å²) < 4.78 is 13.6. The van der Waals surface area contributed by atoms with E-state index < -0.39 is 5.82 Å². The SMILES string of the molecule is O=C1CCCN1c1ccc(C#CCO)c(F)c1. The van der Waals surface area contributed by atoms with Gasteiger partial charge < -0.3 is 10.0 Å². The predicted molar refractivity (Wildman–Crippen MR) is 62.0 cm³/mol. The molecular formula is C13H12FNO2. The maximum absolute atomic E-state index is 13.6. The minimum absolute atomic E-state index is 0.0265. The van der Waals surface area contributed by atoms with E-state index in [0.29, 0.717) is 18.7 Å². The molecule has 0 aliphatic carbocycles. The highest BCUT2D eigenvalue weighted by Crippen LogP contribution is 2.23. The van der Waals surface area contributed by atoms with Crippen LogP contribution < -0.4 is 4.90 Å². The zero-order valence-corrected chi connectivity index (χ0v) is 9.24. The lowest BCUT2D eigenvalue weighted by atomic mass is 10.2. The van der Waals surface area contributed by atoms with Crippen molar-refractivity contribution in [2.45, 2.75) is 12.8 Å². The lowest BCUT2D eigenvalue weighted by Gasteiger charge is -2.15. The Balaban J connectivity index is 2.27. The average Bonchev–Trinajstić information content (AvgIpc) is 2.74. The van der Waals surface area contributed by atoms with Crippen LogP contribution in [0.4, 0.5) is 10.1 Å². The van der Waals surface area contributed by atoms with Crippen molar-refractivity contribution in [2.24, 2.45) is 0 Å². The Morgan fingerprint density at radius 2 is 2.29 bits per heavy atom. The summed E-state index contributed by atoms with van der Waals surface area (Å²) in [5.74, 6) is 4.46. The van der Waals surface area contributed by atoms with Crippen LogP contribution in [-0.4, -0.2) is 24.2 Å². The van der Waals surface area contributed by atoms with Gasteiger partial charge >= 0.3 is 0 Å². The summed E-state index contributed by atoms with van der Waals surface area (Å²) in [4.78, 5) is 13.1. The van der Waals surface area contributed by atoms with Crippen LogP contribution in [0, 0.1) is 17.7 Å². The second-order valence-corrected chi connectivity index (χ2v) is 3.77. The van der Waals surface area contributed by atoms with Crippen molar-refractivity contribution in [3.63, 3.8) is 0 Å². The third-order valence-electron chi connectivity index (χ3n) is 2.64. The Labute approximate surface area is 98.9 Å². The van der Waals surface area contributed by atoms with E-state index in [1.54, 1.807) is 11.0 Å². The van der Waals surface area contributed by atoms with Crippen molar-refractivity contribution < 1.29 is 14.3 Å². The number of halogens is 1. The maximum Gasteiger partial charge on any atom is 0.227 e. The van der Waals surface area contributed by atoms with Crippen LogP contribution in [0.15, 0.2) is 18.2 Å². The summed E-state index contributed by atoms with van der Waals surface area (Å²) in [6, 6.07) is 4.51. The van der Waals surface area contributed by atoms with Crippen molar-refractivity contribution in [3.8, 4) is 11.8 Å². The van der Waals surface area contributed by atoms with Crippen LogP contribution in [0.5, 0.6) is 0 Å². The van der Waals surface area contributed by atoms with Gasteiger partial charge in [-0.1, -0.05) is 11.8 Å². The van der Waals surface area contributed by atoms with Gasteiger partial charge in [0.2, 0.25) is 5.91 Å². The minimum Gasteiger partial charge on any atom is -0.384 e. The molecule has 17 heavy (non-hydrogen) atoms. The standard InChI is InChI=1S/C13H12FNO2/c14-12-9-11(15-7-1-4-13(15)17)6-5-10(12)3-2-8-16/h5-6,9,16H,1,4,7-8H2. The summed E-state index contributed by atoms with van der Waals surface area (Å²) in [5.41, 5.74) is 0.800. The molecule has 1 aliphatic heterocycles. The lowest BCUT2D eigenvalue weighted by molar-refractivity contribution is -0.117. The summed E-state index contributed by atoms with van der Waals surface area (Å²) in [7, 11) is 0. The van der Waals surface area contributed by atoms with Crippen LogP contribution in [0.3, 0.4) is 0 Å². The van der Waals surface area contributed by atoms with E-state index >= 15 is 0 Å². The molecular weight excluding hydrogens is 221 g/mol. The van der Waals surface area contributed by atoms with Gasteiger partial charge in [-0.2, -0.15) is 0 Å². The molecule has 0 unspecified atom stereocenters. The third kappa shape index (κ3) is 2.45. The van der Waals surface area contributed by atoms with E-state index in [0.717, 1.165) is 6.42 Å². The highest BCUT2D eigenvalue weighted by molar-refractivity contribution is 5.95. The molecule has 1 N–H and O–H groups in total. The van der Waals surface area contributed by atoms with Gasteiger partial charge in [0, 0.05) is 18.7 Å². The maximum atomic E-state index is 13.6. The molecule has 0 spiro atoms. The number of aliphatic hydroxyl groups excluding tert-OH is 1. The number of hydrogen-bond acceptors (Lipinski definition) is 2. The van der Waals surface area contributed by atoms with Gasteiger partial charge in [0.25, 0.3) is 0 Å². The van der Waals surface area contributed by atoms with Crippen molar-refractivity contribution in [3.05, 3.63) is 29.6 Å². The third-order valence-corrected chi connectivity index (χ3v) is 2.64. The van der Waals surface area contributed by atoms with Gasteiger partial charge in [0.05, 0.1) is 5.56 Å². The number of anilines is 1. The van der Waals surface area contributed by atoms with Crippen molar-refractivity contribution in [1.82, 2.24) is 0 Å². The summed E-state index contributed by atoms with van der Waals surface area (Å²) >= 11 is 0. The summed E-state index contributed by atoms with van der Waals surface area (Å²) in [6.07, 6.45) is 1.33. The van der Waals surface area contributed by atoms with Crippen LogP contribution in [-0.2, 0) is 4.79 Å². The number of amides is 1. The number of carbonyl (C=O) groups is 1. The van der Waals surface area contributed by atoms with Crippen LogP contribution in [0.1, 0.15) is 18.4 Å². The van der Waals surface area contributed by atoms with Crippen molar-refractivity contribution in [2.75, 3.05) is 18.1 Å². The van der Waals surface area contributed by atoms with Gasteiger partial charge in [-0.15, -0.1) is 0 Å². The van der Waals surface area contributed by atoms with Crippen molar-refractivity contribution in [1.29, 1.82) is 0 Å². The molecule has 1 fully saturated rings. The van der Waals surface area contributed by atoms with Crippen molar-refractivity contribution >= 4 is 11.6 Å². The number of benzene rings is 1. The zero-order valence-electron chi connectivity index (χ0n) is 9.24. The van der Waals surface area contributed by atoms with Gasteiger partial charge in [0.15, 0.2) is 0 Å². The zero-order chi connectivity index (χ0) is 12.3. The van der Waals surface area contributed by atoms with Gasteiger partial charge in [-0.3, -0.25) is 4.79 Å². The normalized spacial score (nSPS) is 14.7. The fourth-order valence-corrected chi connectivity index (χ4v) is 1.83. The first-order valence-corrected chi connectivity index (χ1v) is 5.42. The molecule has 1 aromatic rings. The predicted octanol–water partition coefficient (Wildman–Crippen LogP) is 1.30. The first kappa shape index (κ1) is 11.6. The Morgan fingerprint density at radius 3 is 2.88 bits per heavy atom. The molecule has 4 heteroatoms. The van der Waals surface area contributed by atoms with Crippen LogP contribution in [0.25, 0.3) is 0 Å². The van der Waals surface area contributed by atoms with E-state index in [9.17, 15) is 9.18 Å². The molecule has 1 aliphatic rings. The second-order valence-electron chi connectivity index (χ2n) is 3.77. The highest BCUT2D eigenvalue weighted by atomic mass is 19.1. The topological polar surface area (TPSA) is 40.5 Å². The smallest absolute Gasteiger partial charge is 0.227 e. The summed E-state index contributed by atoms with van der Waals surface area (Å²) in [6.45, 7) is 0.339. The Hall–Kier alpha value is -1.86. The Morgan fingerprint density at radius 1 is 1.47 bits per heavy atom. The molecule has 1 aromatic carbocycles. The molecule has 88 valence electrons. The van der Waals surface area contributed by atoms with Gasteiger partial charge in [0.1, 0.15) is 12.4 Å². The first-order valence-electron chi connectivity index (χ1n) is 5.42. The van der Waals surface area contributed by atoms with E-state index in [1.807, 2.05) is 0 Å². The number of rotatable bonds is 1. The molecule has 0 aromatic heterocycles. The lowest BCUT2D eigenvalue weighted by Crippen LogP contribution is -2.23. The van der Waals surface area contributed by atoms with Gasteiger partial charge in [-0.05, 0) is 24.6 Å². The van der Waals surface area contributed by atoms with E-state index in [1.165, 1.54) is 12.1 Å².